The molecule has 2 atom stereocenters. The summed E-state index contributed by atoms with van der Waals surface area (Å²) in [6.07, 6.45) is 0.844. The van der Waals surface area contributed by atoms with E-state index >= 15 is 0 Å². The highest BCUT2D eigenvalue weighted by Crippen LogP contribution is 2.19. The molecule has 0 saturated carbocycles. The van der Waals surface area contributed by atoms with E-state index < -0.39 is 0 Å². The van der Waals surface area contributed by atoms with Crippen LogP contribution in [0.1, 0.15) is 20.3 Å². The smallest absolute Gasteiger partial charge is 0.231 e. The number of hydrogen-bond acceptors (Lipinski definition) is 3. The Bertz CT molecular complexity index is 221. The van der Waals surface area contributed by atoms with E-state index in [1.54, 1.807) is 5.01 Å². The van der Waals surface area contributed by atoms with E-state index in [4.69, 9.17) is 5.26 Å². The van der Waals surface area contributed by atoms with Crippen molar-refractivity contribution in [2.24, 2.45) is 5.92 Å². The predicted molar refractivity (Wildman–Crippen MR) is 43.7 cm³/mol. The molecule has 0 bridgehead atoms. The van der Waals surface area contributed by atoms with Crippen LogP contribution in [-0.4, -0.2) is 23.5 Å². The van der Waals surface area contributed by atoms with Crippen LogP contribution in [0.2, 0.25) is 0 Å². The Kier molecular flexibility index (Phi) is 2.66. The normalized spacial score (nSPS) is 29.8. The van der Waals surface area contributed by atoms with Crippen LogP contribution in [0, 0.1) is 17.2 Å². The van der Waals surface area contributed by atoms with Crippen molar-refractivity contribution >= 4 is 5.91 Å². The second kappa shape index (κ2) is 3.55. The number of hydrazine groups is 1. The molecule has 1 amide bonds. The first-order valence-corrected chi connectivity index (χ1v) is 4.07. The van der Waals surface area contributed by atoms with E-state index in [-0.39, 0.29) is 11.9 Å². The van der Waals surface area contributed by atoms with Gasteiger partial charge in [-0.25, -0.2) is 5.01 Å². The minimum absolute atomic E-state index is 0.107. The van der Waals surface area contributed by atoms with Gasteiger partial charge in [-0.15, -0.1) is 0 Å². The molecule has 2 unspecified atom stereocenters. The molecular formula is C8H13N3O. The van der Waals surface area contributed by atoms with Crippen LogP contribution in [0.5, 0.6) is 0 Å². The van der Waals surface area contributed by atoms with Crippen LogP contribution >= 0.6 is 0 Å². The average molecular weight is 167 g/mol. The number of amides is 1. The molecule has 66 valence electrons. The van der Waals surface area contributed by atoms with Crippen molar-refractivity contribution in [3.8, 4) is 6.07 Å². The van der Waals surface area contributed by atoms with Gasteiger partial charge in [-0.2, -0.15) is 5.26 Å². The molecule has 1 N–H and O–H groups in total. The first kappa shape index (κ1) is 9.01. The highest BCUT2D eigenvalue weighted by Gasteiger charge is 2.29. The maximum atomic E-state index is 10.7. The first-order valence-electron chi connectivity index (χ1n) is 4.07. The summed E-state index contributed by atoms with van der Waals surface area (Å²) >= 11 is 0. The van der Waals surface area contributed by atoms with E-state index in [0.717, 1.165) is 13.0 Å². The lowest BCUT2D eigenvalue weighted by molar-refractivity contribution is -0.123. The van der Waals surface area contributed by atoms with E-state index in [0.29, 0.717) is 5.92 Å². The lowest BCUT2D eigenvalue weighted by atomic mass is 10.1. The van der Waals surface area contributed by atoms with Crippen LogP contribution in [0.25, 0.3) is 0 Å². The van der Waals surface area contributed by atoms with Gasteiger partial charge in [0.15, 0.2) is 0 Å². The Morgan fingerprint density at radius 2 is 2.42 bits per heavy atom. The van der Waals surface area contributed by atoms with Gasteiger partial charge in [0.25, 0.3) is 0 Å². The molecule has 0 aliphatic carbocycles. The zero-order valence-corrected chi connectivity index (χ0v) is 7.37. The minimum atomic E-state index is -0.149. The van der Waals surface area contributed by atoms with Gasteiger partial charge < -0.3 is 0 Å². The standard InChI is InChI=1S/C8H13N3O/c1-6-3-8(4-9)11(5-6)10-7(2)12/h6,8H,3,5H2,1-2H3,(H,10,12). The van der Waals surface area contributed by atoms with E-state index in [2.05, 4.69) is 18.4 Å². The average Bonchev–Trinajstić information content (AvgIpc) is 2.29. The summed E-state index contributed by atoms with van der Waals surface area (Å²) in [6, 6.07) is 2.01. The van der Waals surface area contributed by atoms with Gasteiger partial charge in [0.2, 0.25) is 5.91 Å². The van der Waals surface area contributed by atoms with Crippen molar-refractivity contribution in [2.45, 2.75) is 26.3 Å². The zero-order chi connectivity index (χ0) is 9.14. The molecular weight excluding hydrogens is 154 g/mol. The fraction of sp³-hybridized carbons (Fsp3) is 0.750. The molecule has 0 radical (unpaired) electrons. The second-order valence-electron chi connectivity index (χ2n) is 3.31. The highest BCUT2D eigenvalue weighted by atomic mass is 16.2. The van der Waals surface area contributed by atoms with E-state index in [1.807, 2.05) is 0 Å². The van der Waals surface area contributed by atoms with Crippen LogP contribution < -0.4 is 5.43 Å². The summed E-state index contributed by atoms with van der Waals surface area (Å²) in [6.45, 7) is 4.31. The Labute approximate surface area is 72.1 Å². The van der Waals surface area contributed by atoms with Gasteiger partial charge in [0.05, 0.1) is 6.07 Å². The summed E-state index contributed by atoms with van der Waals surface area (Å²) in [4.78, 5) is 10.7. The largest absolute Gasteiger partial charge is 0.288 e. The molecule has 0 aromatic carbocycles. The van der Waals surface area contributed by atoms with Crippen molar-refractivity contribution in [3.05, 3.63) is 0 Å². The summed E-state index contributed by atoms with van der Waals surface area (Å²) in [5, 5.41) is 10.4. The van der Waals surface area contributed by atoms with Gasteiger partial charge in [-0.3, -0.25) is 10.2 Å². The molecule has 1 saturated heterocycles. The molecule has 4 heteroatoms. The topological polar surface area (TPSA) is 56.1 Å². The number of nitrogens with one attached hydrogen (secondary N) is 1. The van der Waals surface area contributed by atoms with Gasteiger partial charge in [-0.1, -0.05) is 6.92 Å². The summed E-state index contributed by atoms with van der Waals surface area (Å²) in [5.41, 5.74) is 2.65. The van der Waals surface area contributed by atoms with Gasteiger partial charge in [0.1, 0.15) is 6.04 Å². The maximum absolute atomic E-state index is 10.7. The summed E-state index contributed by atoms with van der Waals surface area (Å²) < 4.78 is 0. The number of nitrogens with zero attached hydrogens (tertiary/aromatic N) is 2. The van der Waals surface area contributed by atoms with Crippen molar-refractivity contribution in [2.75, 3.05) is 6.54 Å². The third-order valence-corrected chi connectivity index (χ3v) is 1.96. The third-order valence-electron chi connectivity index (χ3n) is 1.96. The molecule has 1 aliphatic rings. The SMILES string of the molecule is CC(=O)NN1CC(C)CC1C#N. The quantitative estimate of drug-likeness (QED) is 0.610. The Hall–Kier alpha value is -1.08. The number of rotatable bonds is 1. The molecule has 1 rings (SSSR count). The zero-order valence-electron chi connectivity index (χ0n) is 7.37. The van der Waals surface area contributed by atoms with Gasteiger partial charge in [-0.05, 0) is 12.3 Å². The summed E-state index contributed by atoms with van der Waals surface area (Å²) in [5.74, 6) is 0.380. The number of carbonyl (C=O) groups is 1. The molecule has 12 heavy (non-hydrogen) atoms. The number of carbonyl (C=O) groups excluding carboxylic acids is 1. The third kappa shape index (κ3) is 1.95. The van der Waals surface area contributed by atoms with Gasteiger partial charge >= 0.3 is 0 Å². The van der Waals surface area contributed by atoms with Crippen LogP contribution in [0.4, 0.5) is 0 Å². The molecule has 1 fully saturated rings. The lowest BCUT2D eigenvalue weighted by Gasteiger charge is -2.18. The van der Waals surface area contributed by atoms with Crippen molar-refractivity contribution in [1.82, 2.24) is 10.4 Å². The molecule has 0 spiro atoms. The molecule has 0 aromatic rings. The molecule has 1 heterocycles. The lowest BCUT2D eigenvalue weighted by Crippen LogP contribution is -2.43. The Balaban J connectivity index is 2.53. The predicted octanol–water partition coefficient (Wildman–Crippen LogP) is 0.271. The van der Waals surface area contributed by atoms with Crippen LogP contribution in [0.3, 0.4) is 0 Å². The molecule has 0 aromatic heterocycles. The maximum Gasteiger partial charge on any atom is 0.231 e. The van der Waals surface area contributed by atoms with Crippen LogP contribution in [0.15, 0.2) is 0 Å². The Morgan fingerprint density at radius 1 is 1.75 bits per heavy atom. The summed E-state index contributed by atoms with van der Waals surface area (Å²) in [7, 11) is 0. The highest BCUT2D eigenvalue weighted by molar-refractivity contribution is 5.72. The number of nitriles is 1. The van der Waals surface area contributed by atoms with Crippen LogP contribution in [-0.2, 0) is 4.79 Å². The van der Waals surface area contributed by atoms with E-state index in [1.165, 1.54) is 6.92 Å². The van der Waals surface area contributed by atoms with Crippen molar-refractivity contribution < 1.29 is 4.79 Å². The monoisotopic (exact) mass is 167 g/mol. The fourth-order valence-corrected chi connectivity index (χ4v) is 1.49. The fourth-order valence-electron chi connectivity index (χ4n) is 1.49. The van der Waals surface area contributed by atoms with Gasteiger partial charge in [0, 0.05) is 13.5 Å². The molecule has 4 nitrogen and oxygen atoms in total. The first-order chi connectivity index (χ1) is 5.63. The molecule has 1 aliphatic heterocycles. The minimum Gasteiger partial charge on any atom is -0.288 e. The second-order valence-corrected chi connectivity index (χ2v) is 3.31. The Morgan fingerprint density at radius 3 is 2.92 bits per heavy atom. The number of hydrogen-bond donors (Lipinski definition) is 1. The van der Waals surface area contributed by atoms with Crippen molar-refractivity contribution in [3.63, 3.8) is 0 Å². The van der Waals surface area contributed by atoms with Crippen molar-refractivity contribution in [1.29, 1.82) is 5.26 Å². The van der Waals surface area contributed by atoms with E-state index in [9.17, 15) is 4.79 Å².